The van der Waals surface area contributed by atoms with Crippen molar-refractivity contribution < 1.29 is 9.53 Å². The number of carbonyl (C=O) groups is 1. The van der Waals surface area contributed by atoms with Gasteiger partial charge >= 0.3 is 0 Å². The lowest BCUT2D eigenvalue weighted by Gasteiger charge is -2.06. The van der Waals surface area contributed by atoms with Crippen LogP contribution in [0.5, 0.6) is 5.75 Å². The molecule has 0 saturated carbocycles. The number of hydrogen-bond donors (Lipinski definition) is 1. The van der Waals surface area contributed by atoms with Crippen LogP contribution in [0.3, 0.4) is 0 Å². The molecule has 4 nitrogen and oxygen atoms in total. The van der Waals surface area contributed by atoms with Gasteiger partial charge in [-0.05, 0) is 45.0 Å². The number of ether oxygens (including phenoxy) is 1. The van der Waals surface area contributed by atoms with Crippen molar-refractivity contribution in [1.82, 2.24) is 10.3 Å². The van der Waals surface area contributed by atoms with Gasteiger partial charge in [-0.2, -0.15) is 0 Å². The van der Waals surface area contributed by atoms with Gasteiger partial charge in [-0.1, -0.05) is 0 Å². The van der Waals surface area contributed by atoms with E-state index in [1.807, 2.05) is 20.8 Å². The average molecular weight is 290 g/mol. The second kappa shape index (κ2) is 6.52. The van der Waals surface area contributed by atoms with Crippen LogP contribution < -0.4 is 10.1 Å². The highest BCUT2D eigenvalue weighted by Gasteiger charge is 2.09. The number of hydrogen-bond acceptors (Lipinski definition) is 4. The van der Waals surface area contributed by atoms with Crippen molar-refractivity contribution in [3.8, 4) is 5.75 Å². The molecule has 0 radical (unpaired) electrons. The van der Waals surface area contributed by atoms with Gasteiger partial charge in [0.05, 0.1) is 23.9 Å². The molecular weight excluding hydrogens is 272 g/mol. The summed E-state index contributed by atoms with van der Waals surface area (Å²) in [5.41, 5.74) is 1.62. The Morgan fingerprint density at radius 3 is 2.55 bits per heavy atom. The summed E-state index contributed by atoms with van der Waals surface area (Å²) >= 11 is 1.61. The maximum absolute atomic E-state index is 12.0. The lowest BCUT2D eigenvalue weighted by atomic mass is 10.2. The molecule has 0 unspecified atom stereocenters. The van der Waals surface area contributed by atoms with Crippen molar-refractivity contribution in [2.75, 3.05) is 6.61 Å². The van der Waals surface area contributed by atoms with Gasteiger partial charge in [-0.25, -0.2) is 4.98 Å². The van der Waals surface area contributed by atoms with Crippen LogP contribution in [-0.2, 0) is 6.54 Å². The summed E-state index contributed by atoms with van der Waals surface area (Å²) in [5.74, 6) is 0.691. The number of aryl methyl sites for hydroxylation is 2. The van der Waals surface area contributed by atoms with E-state index in [1.54, 1.807) is 35.6 Å². The quantitative estimate of drug-likeness (QED) is 0.920. The van der Waals surface area contributed by atoms with Crippen molar-refractivity contribution in [3.63, 3.8) is 0 Å². The van der Waals surface area contributed by atoms with E-state index in [4.69, 9.17) is 4.74 Å². The average Bonchev–Trinajstić information content (AvgIpc) is 2.75. The van der Waals surface area contributed by atoms with Gasteiger partial charge < -0.3 is 10.1 Å². The van der Waals surface area contributed by atoms with E-state index in [0.29, 0.717) is 18.7 Å². The Kier molecular flexibility index (Phi) is 4.74. The topological polar surface area (TPSA) is 51.2 Å². The van der Waals surface area contributed by atoms with Crippen LogP contribution in [0.1, 0.15) is 32.9 Å². The molecule has 20 heavy (non-hydrogen) atoms. The van der Waals surface area contributed by atoms with Crippen LogP contribution in [0.15, 0.2) is 24.3 Å². The first-order valence-electron chi connectivity index (χ1n) is 6.54. The first kappa shape index (κ1) is 14.5. The third-order valence-corrected chi connectivity index (χ3v) is 3.91. The highest BCUT2D eigenvalue weighted by atomic mass is 32.1. The van der Waals surface area contributed by atoms with E-state index in [-0.39, 0.29) is 5.91 Å². The zero-order valence-corrected chi connectivity index (χ0v) is 12.7. The summed E-state index contributed by atoms with van der Waals surface area (Å²) in [6.45, 7) is 7.00. The summed E-state index contributed by atoms with van der Waals surface area (Å²) < 4.78 is 5.35. The summed E-state index contributed by atoms with van der Waals surface area (Å²) in [6.07, 6.45) is 0. The molecule has 0 spiro atoms. The van der Waals surface area contributed by atoms with Gasteiger partial charge in [0.15, 0.2) is 0 Å². The van der Waals surface area contributed by atoms with Gasteiger partial charge in [0, 0.05) is 10.4 Å². The van der Waals surface area contributed by atoms with Gasteiger partial charge in [-0.3, -0.25) is 4.79 Å². The third kappa shape index (κ3) is 3.57. The van der Waals surface area contributed by atoms with Crippen LogP contribution in [0.4, 0.5) is 0 Å². The van der Waals surface area contributed by atoms with Gasteiger partial charge in [-0.15, -0.1) is 11.3 Å². The van der Waals surface area contributed by atoms with E-state index in [2.05, 4.69) is 10.3 Å². The number of nitrogens with zero attached hydrogens (tertiary/aromatic N) is 1. The predicted octanol–water partition coefficient (Wildman–Crippen LogP) is 3.09. The van der Waals surface area contributed by atoms with E-state index >= 15 is 0 Å². The molecule has 1 amide bonds. The maximum Gasteiger partial charge on any atom is 0.251 e. The molecule has 0 aliphatic rings. The number of aromatic nitrogens is 1. The molecule has 0 fully saturated rings. The Hall–Kier alpha value is -1.88. The molecular formula is C15H18N2O2S. The van der Waals surface area contributed by atoms with Crippen molar-refractivity contribution in [3.05, 3.63) is 45.4 Å². The first-order valence-corrected chi connectivity index (χ1v) is 7.35. The smallest absolute Gasteiger partial charge is 0.251 e. The van der Waals surface area contributed by atoms with Gasteiger partial charge in [0.25, 0.3) is 5.91 Å². The Balaban J connectivity index is 1.96. The fraction of sp³-hybridized carbons (Fsp3) is 0.333. The molecule has 106 valence electrons. The van der Waals surface area contributed by atoms with Crippen LogP contribution >= 0.6 is 11.3 Å². The molecule has 1 aromatic carbocycles. The van der Waals surface area contributed by atoms with E-state index in [1.165, 1.54) is 0 Å². The largest absolute Gasteiger partial charge is 0.494 e. The minimum atomic E-state index is -0.0847. The lowest BCUT2D eigenvalue weighted by Crippen LogP contribution is -2.22. The van der Waals surface area contributed by atoms with E-state index < -0.39 is 0 Å². The minimum absolute atomic E-state index is 0.0847. The van der Waals surface area contributed by atoms with Crippen molar-refractivity contribution >= 4 is 17.2 Å². The molecule has 1 heterocycles. The Bertz CT molecular complexity index is 590. The molecule has 2 aromatic rings. The van der Waals surface area contributed by atoms with E-state index in [0.717, 1.165) is 21.3 Å². The molecule has 0 aliphatic heterocycles. The predicted molar refractivity (Wildman–Crippen MR) is 80.4 cm³/mol. The highest BCUT2D eigenvalue weighted by molar-refractivity contribution is 7.11. The molecule has 0 aliphatic carbocycles. The molecule has 2 rings (SSSR count). The molecule has 1 N–H and O–H groups in total. The zero-order chi connectivity index (χ0) is 14.5. The third-order valence-electron chi connectivity index (χ3n) is 2.84. The zero-order valence-electron chi connectivity index (χ0n) is 11.9. The number of thiazole rings is 1. The van der Waals surface area contributed by atoms with Crippen molar-refractivity contribution in [2.45, 2.75) is 27.3 Å². The minimum Gasteiger partial charge on any atom is -0.494 e. The summed E-state index contributed by atoms with van der Waals surface area (Å²) in [7, 11) is 0. The Morgan fingerprint density at radius 1 is 1.30 bits per heavy atom. The fourth-order valence-corrected chi connectivity index (χ4v) is 2.75. The number of carbonyl (C=O) groups excluding carboxylic acids is 1. The first-order chi connectivity index (χ1) is 9.60. The second-order valence-electron chi connectivity index (χ2n) is 4.38. The number of rotatable bonds is 5. The summed E-state index contributed by atoms with van der Waals surface area (Å²) in [5, 5.41) is 3.93. The number of nitrogens with one attached hydrogen (secondary N) is 1. The van der Waals surface area contributed by atoms with Gasteiger partial charge in [0.2, 0.25) is 0 Å². The van der Waals surface area contributed by atoms with Crippen molar-refractivity contribution in [1.29, 1.82) is 0 Å². The second-order valence-corrected chi connectivity index (χ2v) is 5.67. The highest BCUT2D eigenvalue weighted by Crippen LogP contribution is 2.17. The molecule has 0 atom stereocenters. The summed E-state index contributed by atoms with van der Waals surface area (Å²) in [4.78, 5) is 17.5. The monoisotopic (exact) mass is 290 g/mol. The molecule has 5 heteroatoms. The normalized spacial score (nSPS) is 10.3. The van der Waals surface area contributed by atoms with Crippen LogP contribution in [-0.4, -0.2) is 17.5 Å². The van der Waals surface area contributed by atoms with Crippen molar-refractivity contribution in [2.24, 2.45) is 0 Å². The maximum atomic E-state index is 12.0. The van der Waals surface area contributed by atoms with Crippen LogP contribution in [0, 0.1) is 13.8 Å². The lowest BCUT2D eigenvalue weighted by molar-refractivity contribution is 0.0951. The van der Waals surface area contributed by atoms with E-state index in [9.17, 15) is 4.79 Å². The molecule has 0 bridgehead atoms. The molecule has 0 saturated heterocycles. The van der Waals surface area contributed by atoms with Gasteiger partial charge in [0.1, 0.15) is 5.75 Å². The molecule has 1 aromatic heterocycles. The Labute approximate surface area is 122 Å². The standard InChI is InChI=1S/C15H18N2O2S/c1-4-19-13-7-5-12(6-8-13)15(18)16-9-14-10(2)17-11(3)20-14/h5-8H,4,9H2,1-3H3,(H,16,18). The summed E-state index contributed by atoms with van der Waals surface area (Å²) in [6, 6.07) is 7.15. The SMILES string of the molecule is CCOc1ccc(C(=O)NCc2sc(C)nc2C)cc1. The number of amides is 1. The van der Waals surface area contributed by atoms with Crippen LogP contribution in [0.2, 0.25) is 0 Å². The Morgan fingerprint density at radius 2 is 2.00 bits per heavy atom. The van der Waals surface area contributed by atoms with Crippen LogP contribution in [0.25, 0.3) is 0 Å². The fourth-order valence-electron chi connectivity index (χ4n) is 1.87. The number of benzene rings is 1.